The summed E-state index contributed by atoms with van der Waals surface area (Å²) in [6.45, 7) is 1.51. The topological polar surface area (TPSA) is 90.3 Å². The van der Waals surface area contributed by atoms with Crippen molar-refractivity contribution in [3.8, 4) is 0 Å². The van der Waals surface area contributed by atoms with Crippen molar-refractivity contribution < 1.29 is 14.3 Å². The Kier molecular flexibility index (Phi) is 5.08. The van der Waals surface area contributed by atoms with E-state index in [9.17, 15) is 14.4 Å². The van der Waals surface area contributed by atoms with E-state index in [2.05, 4.69) is 15.0 Å². The highest BCUT2D eigenvalue weighted by Crippen LogP contribution is 2.25. The molecule has 3 rings (SSSR count). The number of fused-ring (bicyclic) bond motifs is 1. The van der Waals surface area contributed by atoms with Gasteiger partial charge in [-0.05, 0) is 31.9 Å². The van der Waals surface area contributed by atoms with Crippen molar-refractivity contribution in [2.45, 2.75) is 42.8 Å². The molecule has 0 aliphatic heterocycles. The quantitative estimate of drug-likeness (QED) is 0.474. The Hall–Kier alpha value is -2.35. The van der Waals surface area contributed by atoms with Gasteiger partial charge in [0.2, 0.25) is 5.91 Å². The highest BCUT2D eigenvalue weighted by atomic mass is 32.2. The zero-order valence-corrected chi connectivity index (χ0v) is 14.8. The van der Waals surface area contributed by atoms with Crippen LogP contribution in [-0.4, -0.2) is 39.8 Å². The highest BCUT2D eigenvalue weighted by Gasteiger charge is 2.27. The van der Waals surface area contributed by atoms with E-state index in [0.29, 0.717) is 16.1 Å². The van der Waals surface area contributed by atoms with Gasteiger partial charge in [0.15, 0.2) is 5.16 Å². The number of rotatable bonds is 6. The fraction of sp³-hybridized carbons (Fsp3) is 0.412. The van der Waals surface area contributed by atoms with Gasteiger partial charge in [-0.2, -0.15) is 0 Å². The normalized spacial score (nSPS) is 15.0. The Bertz CT molecular complexity index is 876. The zero-order valence-electron chi connectivity index (χ0n) is 14.0. The van der Waals surface area contributed by atoms with E-state index < -0.39 is 11.2 Å². The fourth-order valence-corrected chi connectivity index (χ4v) is 3.25. The third-order valence-electron chi connectivity index (χ3n) is 3.92. The molecule has 1 fully saturated rings. The van der Waals surface area contributed by atoms with E-state index in [1.807, 2.05) is 0 Å². The monoisotopic (exact) mass is 361 g/mol. The summed E-state index contributed by atoms with van der Waals surface area (Å²) in [6, 6.07) is 7.19. The molecule has 1 aliphatic carbocycles. The van der Waals surface area contributed by atoms with Gasteiger partial charge in [0.25, 0.3) is 5.56 Å². The van der Waals surface area contributed by atoms with Gasteiger partial charge in [0, 0.05) is 6.04 Å². The van der Waals surface area contributed by atoms with Crippen LogP contribution in [0.15, 0.2) is 34.2 Å². The van der Waals surface area contributed by atoms with Gasteiger partial charge in [0.05, 0.1) is 23.3 Å². The van der Waals surface area contributed by atoms with Crippen LogP contribution in [0.4, 0.5) is 0 Å². The smallest absolute Gasteiger partial charge is 0.325 e. The number of esters is 1. The molecule has 2 aromatic rings. The number of carbonyl (C=O) groups excluding carboxylic acids is 2. The van der Waals surface area contributed by atoms with E-state index >= 15 is 0 Å². The molecule has 1 saturated carbocycles. The minimum atomic E-state index is -0.545. The van der Waals surface area contributed by atoms with E-state index in [0.717, 1.165) is 24.6 Å². The maximum Gasteiger partial charge on any atom is 0.325 e. The van der Waals surface area contributed by atoms with Gasteiger partial charge in [-0.15, -0.1) is 0 Å². The first-order chi connectivity index (χ1) is 12.0. The summed E-state index contributed by atoms with van der Waals surface area (Å²) in [7, 11) is 1.26. The number of methoxy groups -OCH3 is 1. The van der Waals surface area contributed by atoms with Crippen molar-refractivity contribution in [3.63, 3.8) is 0 Å². The molecule has 1 atom stereocenters. The van der Waals surface area contributed by atoms with E-state index in [1.165, 1.54) is 11.7 Å². The van der Waals surface area contributed by atoms with Crippen LogP contribution >= 0.6 is 11.8 Å². The summed E-state index contributed by atoms with van der Waals surface area (Å²) < 4.78 is 5.94. The zero-order chi connectivity index (χ0) is 18.0. The molecular formula is C17H19N3O4S. The minimum absolute atomic E-state index is 0.0977. The van der Waals surface area contributed by atoms with Crippen molar-refractivity contribution >= 4 is 34.5 Å². The van der Waals surface area contributed by atoms with E-state index in [4.69, 9.17) is 0 Å². The van der Waals surface area contributed by atoms with Gasteiger partial charge >= 0.3 is 5.97 Å². The maximum absolute atomic E-state index is 12.7. The lowest BCUT2D eigenvalue weighted by atomic mass is 10.2. The molecule has 1 aliphatic rings. The summed E-state index contributed by atoms with van der Waals surface area (Å²) in [5, 5.41) is 3.25. The van der Waals surface area contributed by atoms with Gasteiger partial charge in [-0.1, -0.05) is 23.9 Å². The van der Waals surface area contributed by atoms with Crippen LogP contribution in [-0.2, 0) is 20.9 Å². The Labute approximate surface area is 148 Å². The van der Waals surface area contributed by atoms with Crippen LogP contribution in [0, 0.1) is 0 Å². The first-order valence-electron chi connectivity index (χ1n) is 8.03. The van der Waals surface area contributed by atoms with Crippen molar-refractivity contribution in [1.82, 2.24) is 14.9 Å². The maximum atomic E-state index is 12.7. The second-order valence-corrected chi connectivity index (χ2v) is 7.23. The van der Waals surface area contributed by atoms with Crippen molar-refractivity contribution in [1.29, 1.82) is 0 Å². The van der Waals surface area contributed by atoms with E-state index in [1.54, 1.807) is 31.2 Å². The summed E-state index contributed by atoms with van der Waals surface area (Å²) in [4.78, 5) is 41.1. The number of nitrogens with one attached hydrogen (secondary N) is 1. The second-order valence-electron chi connectivity index (χ2n) is 5.92. The average Bonchev–Trinajstić information content (AvgIpc) is 3.42. The molecule has 1 aromatic heterocycles. The number of aromatic nitrogens is 2. The number of hydrogen-bond acceptors (Lipinski definition) is 6. The Morgan fingerprint density at radius 2 is 2.12 bits per heavy atom. The highest BCUT2D eigenvalue weighted by molar-refractivity contribution is 8.00. The Balaban J connectivity index is 1.95. The van der Waals surface area contributed by atoms with Crippen LogP contribution in [0.3, 0.4) is 0 Å². The van der Waals surface area contributed by atoms with Crippen LogP contribution in [0.5, 0.6) is 0 Å². The van der Waals surface area contributed by atoms with Crippen LogP contribution in [0.25, 0.3) is 10.9 Å². The molecule has 1 heterocycles. The average molecular weight is 361 g/mol. The molecule has 0 spiro atoms. The molecule has 0 bridgehead atoms. The lowest BCUT2D eigenvalue weighted by Gasteiger charge is -2.15. The van der Waals surface area contributed by atoms with Gasteiger partial charge < -0.3 is 10.1 Å². The van der Waals surface area contributed by atoms with Gasteiger partial charge in [-0.3, -0.25) is 19.0 Å². The standard InChI is InChI=1S/C17H19N3O4S/c1-10(15(22)18-11-7-8-11)25-17-19-13-6-4-3-5-12(13)16(23)20(17)9-14(21)24-2/h3-6,10-11H,7-9H2,1-2H3,(H,18,22). The number of hydrogen-bond donors (Lipinski definition) is 1. The minimum Gasteiger partial charge on any atom is -0.468 e. The number of ether oxygens (including phenoxy) is 1. The van der Waals surface area contributed by atoms with Gasteiger partial charge in [0.1, 0.15) is 6.54 Å². The number of carbonyl (C=O) groups is 2. The van der Waals surface area contributed by atoms with Crippen molar-refractivity contribution in [2.24, 2.45) is 0 Å². The number of nitrogens with zero attached hydrogens (tertiary/aromatic N) is 2. The molecule has 25 heavy (non-hydrogen) atoms. The largest absolute Gasteiger partial charge is 0.468 e. The van der Waals surface area contributed by atoms with Crippen LogP contribution in [0.2, 0.25) is 0 Å². The number of amides is 1. The molecule has 132 valence electrons. The third-order valence-corrected chi connectivity index (χ3v) is 5.01. The molecule has 7 nitrogen and oxygen atoms in total. The molecule has 1 N–H and O–H groups in total. The first kappa shape index (κ1) is 17.5. The predicted molar refractivity (Wildman–Crippen MR) is 94.5 cm³/mol. The number of benzene rings is 1. The molecule has 1 aromatic carbocycles. The SMILES string of the molecule is COC(=O)Cn1c(SC(C)C(=O)NC2CC2)nc2ccccc2c1=O. The molecular weight excluding hydrogens is 342 g/mol. The summed E-state index contributed by atoms with van der Waals surface area (Å²) in [5.41, 5.74) is 0.208. The fourth-order valence-electron chi connectivity index (χ4n) is 2.33. The molecule has 8 heteroatoms. The number of para-hydroxylation sites is 1. The lowest BCUT2D eigenvalue weighted by Crippen LogP contribution is -2.34. The molecule has 0 saturated heterocycles. The second kappa shape index (κ2) is 7.26. The summed E-state index contributed by atoms with van der Waals surface area (Å²) >= 11 is 1.16. The number of thioether (sulfide) groups is 1. The summed E-state index contributed by atoms with van der Waals surface area (Å²) in [5.74, 6) is -0.643. The first-order valence-corrected chi connectivity index (χ1v) is 8.91. The van der Waals surface area contributed by atoms with Crippen LogP contribution in [0.1, 0.15) is 19.8 Å². The third kappa shape index (κ3) is 4.01. The Morgan fingerprint density at radius 3 is 2.80 bits per heavy atom. The molecule has 1 unspecified atom stereocenters. The molecule has 0 radical (unpaired) electrons. The van der Waals surface area contributed by atoms with Crippen molar-refractivity contribution in [2.75, 3.05) is 7.11 Å². The van der Waals surface area contributed by atoms with Crippen molar-refractivity contribution in [3.05, 3.63) is 34.6 Å². The van der Waals surface area contributed by atoms with E-state index in [-0.39, 0.29) is 24.1 Å². The van der Waals surface area contributed by atoms with Crippen LogP contribution < -0.4 is 10.9 Å². The molecule has 1 amide bonds. The lowest BCUT2D eigenvalue weighted by molar-refractivity contribution is -0.141. The summed E-state index contributed by atoms with van der Waals surface area (Å²) in [6.07, 6.45) is 2.01. The predicted octanol–water partition coefficient (Wildman–Crippen LogP) is 1.33. The van der Waals surface area contributed by atoms with Gasteiger partial charge in [-0.25, -0.2) is 4.98 Å². The Morgan fingerprint density at radius 1 is 1.40 bits per heavy atom.